The zero-order valence-corrected chi connectivity index (χ0v) is 23.2. The summed E-state index contributed by atoms with van der Waals surface area (Å²) in [6, 6.07) is 32.1. The zero-order chi connectivity index (χ0) is 24.7. The van der Waals surface area contributed by atoms with Gasteiger partial charge >= 0.3 is 0 Å². The Bertz CT molecular complexity index is 1240. The molecule has 0 aliphatic heterocycles. The van der Waals surface area contributed by atoms with Crippen LogP contribution in [0, 0.1) is 0 Å². The van der Waals surface area contributed by atoms with Crippen molar-refractivity contribution >= 4 is 23.5 Å². The number of rotatable bonds is 6. The van der Waals surface area contributed by atoms with E-state index in [0.717, 1.165) is 0 Å². The highest BCUT2D eigenvalue weighted by atomic mass is 32.2. The molecular formula is C33H34S2. The second-order valence-electron chi connectivity index (χ2n) is 10.7. The summed E-state index contributed by atoms with van der Waals surface area (Å²) in [5, 5.41) is 0. The Balaban J connectivity index is 1.40. The Morgan fingerprint density at radius 2 is 0.829 bits per heavy atom. The Morgan fingerprint density at radius 3 is 1.17 bits per heavy atom. The first kappa shape index (κ1) is 24.3. The van der Waals surface area contributed by atoms with Crippen molar-refractivity contribution in [3.63, 3.8) is 0 Å². The number of fused-ring (bicyclic) bond motifs is 3. The van der Waals surface area contributed by atoms with Crippen molar-refractivity contribution in [3.8, 4) is 11.1 Å². The maximum atomic E-state index is 2.41. The third kappa shape index (κ3) is 4.84. The van der Waals surface area contributed by atoms with Crippen molar-refractivity contribution in [1.29, 1.82) is 0 Å². The quantitative estimate of drug-likeness (QED) is 0.261. The molecule has 0 fully saturated rings. The van der Waals surface area contributed by atoms with Gasteiger partial charge in [0.1, 0.15) is 0 Å². The first-order valence-electron chi connectivity index (χ1n) is 12.6. The summed E-state index contributed by atoms with van der Waals surface area (Å²) in [4.78, 5) is 5.21. The minimum Gasteiger partial charge on any atom is -0.0901 e. The predicted octanol–water partition coefficient (Wildman–Crippen LogP) is 10.5. The van der Waals surface area contributed by atoms with Crippen LogP contribution in [0.25, 0.3) is 11.1 Å². The molecule has 0 unspecified atom stereocenters. The molecule has 1 aliphatic rings. The third-order valence-electron chi connectivity index (χ3n) is 7.18. The molecule has 0 radical (unpaired) electrons. The maximum absolute atomic E-state index is 2.41. The summed E-state index contributed by atoms with van der Waals surface area (Å²) < 4.78 is 0. The fourth-order valence-electron chi connectivity index (χ4n) is 4.94. The summed E-state index contributed by atoms with van der Waals surface area (Å²) in [5.74, 6) is 1.13. The van der Waals surface area contributed by atoms with Gasteiger partial charge in [0, 0.05) is 25.0 Å². The lowest BCUT2D eigenvalue weighted by molar-refractivity contribution is 0.657. The fraction of sp³-hybridized carbons (Fsp3) is 0.273. The number of benzene rings is 4. The molecular weight excluding hydrogens is 460 g/mol. The highest BCUT2D eigenvalue weighted by Gasteiger charge is 2.35. The van der Waals surface area contributed by atoms with Crippen LogP contribution < -0.4 is 0 Å². The van der Waals surface area contributed by atoms with Crippen molar-refractivity contribution in [2.24, 2.45) is 0 Å². The minimum atomic E-state index is -0.0131. The average molecular weight is 495 g/mol. The predicted molar refractivity (Wildman–Crippen MR) is 153 cm³/mol. The van der Waals surface area contributed by atoms with Crippen molar-refractivity contribution in [2.45, 2.75) is 78.4 Å². The summed E-state index contributed by atoms with van der Waals surface area (Å²) in [6.07, 6.45) is 0. The van der Waals surface area contributed by atoms with E-state index in [1.807, 2.05) is 23.5 Å². The summed E-state index contributed by atoms with van der Waals surface area (Å²) >= 11 is 3.71. The Labute approximate surface area is 219 Å². The van der Waals surface area contributed by atoms with Crippen molar-refractivity contribution < 1.29 is 0 Å². The van der Waals surface area contributed by atoms with Gasteiger partial charge < -0.3 is 0 Å². The van der Waals surface area contributed by atoms with Gasteiger partial charge in [-0.3, -0.25) is 0 Å². The van der Waals surface area contributed by atoms with E-state index in [9.17, 15) is 0 Å². The van der Waals surface area contributed by atoms with Gasteiger partial charge in [-0.25, -0.2) is 0 Å². The smallest absolute Gasteiger partial charge is 0.0159 e. The van der Waals surface area contributed by atoms with Gasteiger partial charge in [-0.15, -0.1) is 0 Å². The monoisotopic (exact) mass is 494 g/mol. The Morgan fingerprint density at radius 1 is 0.486 bits per heavy atom. The largest absolute Gasteiger partial charge is 0.0901 e. The van der Waals surface area contributed by atoms with E-state index in [1.165, 1.54) is 53.0 Å². The molecule has 1 aliphatic carbocycles. The van der Waals surface area contributed by atoms with Crippen LogP contribution in [0.5, 0.6) is 0 Å². The van der Waals surface area contributed by atoms with Crippen LogP contribution in [0.2, 0.25) is 0 Å². The molecule has 4 aromatic rings. The molecule has 35 heavy (non-hydrogen) atoms. The topological polar surface area (TPSA) is 0 Å². The summed E-state index contributed by atoms with van der Waals surface area (Å²) in [5.41, 5.74) is 8.39. The van der Waals surface area contributed by atoms with Gasteiger partial charge in [0.2, 0.25) is 0 Å². The first-order chi connectivity index (χ1) is 16.7. The maximum Gasteiger partial charge on any atom is 0.0159 e. The highest BCUT2D eigenvalue weighted by molar-refractivity contribution is 7.99. The molecule has 5 rings (SSSR count). The van der Waals surface area contributed by atoms with Gasteiger partial charge in [-0.05, 0) is 93.7 Å². The summed E-state index contributed by atoms with van der Waals surface area (Å²) in [7, 11) is 0. The number of hydrogen-bond acceptors (Lipinski definition) is 2. The molecule has 4 aromatic carbocycles. The molecule has 0 saturated heterocycles. The van der Waals surface area contributed by atoms with E-state index in [-0.39, 0.29) is 5.41 Å². The lowest BCUT2D eigenvalue weighted by atomic mass is 9.82. The highest BCUT2D eigenvalue weighted by Crippen LogP contribution is 2.51. The van der Waals surface area contributed by atoms with Gasteiger partial charge in [-0.2, -0.15) is 0 Å². The summed E-state index contributed by atoms with van der Waals surface area (Å²) in [6.45, 7) is 13.7. The molecule has 0 saturated carbocycles. The zero-order valence-electron chi connectivity index (χ0n) is 21.6. The Kier molecular flexibility index (Phi) is 6.63. The van der Waals surface area contributed by atoms with E-state index in [0.29, 0.717) is 11.8 Å². The SMILES string of the molecule is CC(C)c1ccc(Sc2ccc3c(c2)C(C)(C)c2cc(Sc4ccc(C(C)C)cc4)ccc2-3)cc1. The van der Waals surface area contributed by atoms with Gasteiger partial charge in [0.25, 0.3) is 0 Å². The second kappa shape index (κ2) is 9.56. The Hall–Kier alpha value is -2.42. The van der Waals surface area contributed by atoms with E-state index < -0.39 is 0 Å². The first-order valence-corrected chi connectivity index (χ1v) is 14.2. The van der Waals surface area contributed by atoms with Gasteiger partial charge in [0.15, 0.2) is 0 Å². The normalized spacial score (nSPS) is 13.8. The van der Waals surface area contributed by atoms with Crippen LogP contribution in [-0.2, 0) is 5.41 Å². The molecule has 0 atom stereocenters. The van der Waals surface area contributed by atoms with Crippen LogP contribution in [-0.4, -0.2) is 0 Å². The van der Waals surface area contributed by atoms with Crippen molar-refractivity contribution in [1.82, 2.24) is 0 Å². The standard InChI is InChI=1S/C33H34S2/c1-21(2)23-7-11-25(12-8-23)34-27-15-17-29-30-18-16-28(20-32(30)33(5,6)31(29)19-27)35-26-13-9-24(10-14-26)22(3)4/h7-22H,1-6H3. The van der Waals surface area contributed by atoms with Gasteiger partial charge in [0.05, 0.1) is 0 Å². The van der Waals surface area contributed by atoms with Gasteiger partial charge in [-0.1, -0.05) is 101 Å². The van der Waals surface area contributed by atoms with Crippen LogP contribution in [0.15, 0.2) is 105 Å². The fourth-order valence-corrected chi connectivity index (χ4v) is 6.65. The van der Waals surface area contributed by atoms with E-state index >= 15 is 0 Å². The van der Waals surface area contributed by atoms with Crippen molar-refractivity contribution in [3.05, 3.63) is 107 Å². The van der Waals surface area contributed by atoms with Crippen LogP contribution in [0.4, 0.5) is 0 Å². The van der Waals surface area contributed by atoms with Crippen molar-refractivity contribution in [2.75, 3.05) is 0 Å². The molecule has 0 aromatic heterocycles. The third-order valence-corrected chi connectivity index (χ3v) is 9.18. The minimum absolute atomic E-state index is 0.0131. The molecule has 0 nitrogen and oxygen atoms in total. The van der Waals surface area contributed by atoms with E-state index in [1.54, 1.807) is 0 Å². The molecule has 2 heteroatoms. The van der Waals surface area contributed by atoms with Crippen LogP contribution >= 0.6 is 23.5 Å². The molecule has 0 N–H and O–H groups in total. The lowest BCUT2D eigenvalue weighted by Gasteiger charge is -2.22. The molecule has 0 bridgehead atoms. The number of hydrogen-bond donors (Lipinski definition) is 0. The van der Waals surface area contributed by atoms with Crippen LogP contribution in [0.3, 0.4) is 0 Å². The van der Waals surface area contributed by atoms with E-state index in [2.05, 4.69) is 126 Å². The molecule has 178 valence electrons. The molecule has 0 spiro atoms. The molecule has 0 amide bonds. The lowest BCUT2D eigenvalue weighted by Crippen LogP contribution is -2.15. The van der Waals surface area contributed by atoms with Crippen LogP contribution in [0.1, 0.15) is 75.6 Å². The molecule has 0 heterocycles. The average Bonchev–Trinajstić information content (AvgIpc) is 3.06. The second-order valence-corrected chi connectivity index (χ2v) is 13.0. The van der Waals surface area contributed by atoms with E-state index in [4.69, 9.17) is 0 Å².